The molecule has 0 aliphatic heterocycles. The summed E-state index contributed by atoms with van der Waals surface area (Å²) in [4.78, 5) is 23.1. The summed E-state index contributed by atoms with van der Waals surface area (Å²) in [6.07, 6.45) is 13.2. The number of rotatable bonds is 16. The lowest BCUT2D eigenvalue weighted by Crippen LogP contribution is -2.04. The lowest BCUT2D eigenvalue weighted by atomic mass is 10.0. The molecule has 0 fully saturated rings. The van der Waals surface area contributed by atoms with Crippen LogP contribution in [-0.4, -0.2) is 18.2 Å². The maximum absolute atomic E-state index is 12.0. The molecule has 3 nitrogen and oxygen atoms in total. The second-order valence-electron chi connectivity index (χ2n) is 8.43. The summed E-state index contributed by atoms with van der Waals surface area (Å²) in [5.41, 5.74) is 2.70. The molecule has 0 saturated heterocycles. The monoisotopic (exact) mass is 422 g/mol. The van der Waals surface area contributed by atoms with Crippen molar-refractivity contribution < 1.29 is 14.3 Å². The van der Waals surface area contributed by atoms with Crippen molar-refractivity contribution in [1.82, 2.24) is 0 Å². The van der Waals surface area contributed by atoms with Gasteiger partial charge >= 0.3 is 0 Å². The first-order valence-electron chi connectivity index (χ1n) is 12.0. The Hall–Kier alpha value is -2.42. The van der Waals surface area contributed by atoms with E-state index in [1.165, 1.54) is 64.7 Å². The molecule has 0 bridgehead atoms. The third-order valence-corrected chi connectivity index (χ3v) is 5.57. The van der Waals surface area contributed by atoms with Crippen molar-refractivity contribution in [3.63, 3.8) is 0 Å². The second-order valence-corrected chi connectivity index (χ2v) is 8.43. The number of benzene rings is 2. The number of hydrogen-bond acceptors (Lipinski definition) is 3. The highest BCUT2D eigenvalue weighted by Crippen LogP contribution is 2.23. The average Bonchev–Trinajstić information content (AvgIpc) is 2.77. The normalized spacial score (nSPS) is 10.8. The molecule has 2 rings (SSSR count). The van der Waals surface area contributed by atoms with Gasteiger partial charge in [-0.15, -0.1) is 0 Å². The number of ketones is 2. The van der Waals surface area contributed by atoms with E-state index in [0.29, 0.717) is 5.56 Å². The van der Waals surface area contributed by atoms with Gasteiger partial charge in [0.1, 0.15) is 11.5 Å². The fourth-order valence-electron chi connectivity index (χ4n) is 3.70. The van der Waals surface area contributed by atoms with Gasteiger partial charge < -0.3 is 4.74 Å². The van der Waals surface area contributed by atoms with Gasteiger partial charge in [0.15, 0.2) is 5.78 Å². The van der Waals surface area contributed by atoms with Gasteiger partial charge in [-0.05, 0) is 36.6 Å². The number of Topliss-reactive ketones (excluding diaryl/α,β-unsaturated/α-hetero) is 2. The minimum atomic E-state index is -0.130. The SMILES string of the molecule is CCCCCCCCCCCCOc1ccc(-c2ccc(C(=O)CC(C)=O)cc2)cc1. The quantitative estimate of drug-likeness (QED) is 0.157. The number of hydrogen-bond donors (Lipinski definition) is 0. The van der Waals surface area contributed by atoms with Gasteiger partial charge in [-0.3, -0.25) is 9.59 Å². The zero-order chi connectivity index (χ0) is 22.3. The number of carbonyl (C=O) groups is 2. The van der Waals surface area contributed by atoms with Gasteiger partial charge in [0.2, 0.25) is 0 Å². The molecule has 0 unspecified atom stereocenters. The van der Waals surface area contributed by atoms with E-state index in [1.807, 2.05) is 36.4 Å². The molecule has 0 aromatic heterocycles. The van der Waals surface area contributed by atoms with Gasteiger partial charge in [0.25, 0.3) is 0 Å². The summed E-state index contributed by atoms with van der Waals surface area (Å²) >= 11 is 0. The number of ether oxygens (including phenoxy) is 1. The van der Waals surface area contributed by atoms with Gasteiger partial charge in [-0.2, -0.15) is 0 Å². The van der Waals surface area contributed by atoms with Crippen LogP contribution in [0.4, 0.5) is 0 Å². The molecule has 0 spiro atoms. The van der Waals surface area contributed by atoms with E-state index in [4.69, 9.17) is 4.74 Å². The standard InChI is InChI=1S/C28H38O3/c1-3-4-5-6-7-8-9-10-11-12-21-31-27-19-17-25(18-20-27)24-13-15-26(16-14-24)28(30)22-23(2)29/h13-20H,3-12,21-22H2,1-2H3. The molecular weight excluding hydrogens is 384 g/mol. The Morgan fingerprint density at radius 2 is 1.16 bits per heavy atom. The molecule has 0 atom stereocenters. The van der Waals surface area contributed by atoms with E-state index >= 15 is 0 Å². The predicted molar refractivity (Wildman–Crippen MR) is 129 cm³/mol. The topological polar surface area (TPSA) is 43.4 Å². The zero-order valence-corrected chi connectivity index (χ0v) is 19.3. The molecule has 0 N–H and O–H groups in total. The van der Waals surface area contributed by atoms with Crippen LogP contribution in [0.5, 0.6) is 5.75 Å². The predicted octanol–water partition coefficient (Wildman–Crippen LogP) is 7.82. The van der Waals surface area contributed by atoms with Crippen molar-refractivity contribution in [3.05, 3.63) is 54.1 Å². The third-order valence-electron chi connectivity index (χ3n) is 5.57. The van der Waals surface area contributed by atoms with Crippen LogP contribution in [0.3, 0.4) is 0 Å². The van der Waals surface area contributed by atoms with Crippen LogP contribution < -0.4 is 4.74 Å². The van der Waals surface area contributed by atoms with Crippen molar-refractivity contribution in [3.8, 4) is 16.9 Å². The summed E-state index contributed by atoms with van der Waals surface area (Å²) in [5, 5.41) is 0. The van der Waals surface area contributed by atoms with Crippen LogP contribution >= 0.6 is 0 Å². The van der Waals surface area contributed by atoms with E-state index in [2.05, 4.69) is 6.92 Å². The second kappa shape index (κ2) is 14.6. The van der Waals surface area contributed by atoms with Crippen LogP contribution in [0.25, 0.3) is 11.1 Å². The highest BCUT2D eigenvalue weighted by Gasteiger charge is 2.08. The van der Waals surface area contributed by atoms with E-state index in [9.17, 15) is 9.59 Å². The third kappa shape index (κ3) is 9.95. The van der Waals surface area contributed by atoms with Crippen molar-refractivity contribution in [2.24, 2.45) is 0 Å². The first kappa shape index (κ1) is 24.8. The largest absolute Gasteiger partial charge is 0.494 e. The Bertz CT molecular complexity index is 775. The van der Waals surface area contributed by atoms with Crippen molar-refractivity contribution in [1.29, 1.82) is 0 Å². The summed E-state index contributed by atoms with van der Waals surface area (Å²) in [5.74, 6) is 0.658. The molecule has 2 aromatic carbocycles. The van der Waals surface area contributed by atoms with Crippen molar-refractivity contribution >= 4 is 11.6 Å². The van der Waals surface area contributed by atoms with Crippen molar-refractivity contribution in [2.75, 3.05) is 6.61 Å². The first-order chi connectivity index (χ1) is 15.1. The van der Waals surface area contributed by atoms with Crippen LogP contribution in [0.15, 0.2) is 48.5 Å². The lowest BCUT2D eigenvalue weighted by Gasteiger charge is -2.08. The van der Waals surface area contributed by atoms with E-state index in [0.717, 1.165) is 29.9 Å². The minimum Gasteiger partial charge on any atom is -0.494 e. The molecule has 0 radical (unpaired) electrons. The van der Waals surface area contributed by atoms with Crippen LogP contribution in [-0.2, 0) is 4.79 Å². The number of unbranched alkanes of at least 4 members (excludes halogenated alkanes) is 9. The van der Waals surface area contributed by atoms with Crippen LogP contribution in [0, 0.1) is 0 Å². The molecule has 0 amide bonds. The Kier molecular flexibility index (Phi) is 11.7. The van der Waals surface area contributed by atoms with Crippen LogP contribution in [0.1, 0.15) is 94.8 Å². The highest BCUT2D eigenvalue weighted by atomic mass is 16.5. The molecule has 0 saturated carbocycles. The molecule has 3 heteroatoms. The Balaban J connectivity index is 1.64. The van der Waals surface area contributed by atoms with Crippen molar-refractivity contribution in [2.45, 2.75) is 84.5 Å². The molecule has 2 aromatic rings. The molecule has 0 heterocycles. The van der Waals surface area contributed by atoms with E-state index < -0.39 is 0 Å². The fourth-order valence-corrected chi connectivity index (χ4v) is 3.70. The maximum atomic E-state index is 12.0. The highest BCUT2D eigenvalue weighted by molar-refractivity contribution is 6.07. The summed E-state index contributed by atoms with van der Waals surface area (Å²) in [7, 11) is 0. The molecular formula is C28H38O3. The maximum Gasteiger partial charge on any atom is 0.170 e. The van der Waals surface area contributed by atoms with E-state index in [1.54, 1.807) is 12.1 Å². The summed E-state index contributed by atoms with van der Waals surface area (Å²) < 4.78 is 5.88. The Morgan fingerprint density at radius 3 is 1.68 bits per heavy atom. The Labute approximate surface area is 188 Å². The molecule has 0 aliphatic carbocycles. The minimum absolute atomic E-state index is 0.0373. The molecule has 31 heavy (non-hydrogen) atoms. The zero-order valence-electron chi connectivity index (χ0n) is 19.3. The first-order valence-corrected chi connectivity index (χ1v) is 12.0. The van der Waals surface area contributed by atoms with Gasteiger partial charge in [-0.25, -0.2) is 0 Å². The molecule has 168 valence electrons. The van der Waals surface area contributed by atoms with Gasteiger partial charge in [0.05, 0.1) is 13.0 Å². The summed E-state index contributed by atoms with van der Waals surface area (Å²) in [6.45, 7) is 4.47. The summed E-state index contributed by atoms with van der Waals surface area (Å²) in [6, 6.07) is 15.5. The fraction of sp³-hybridized carbons (Fsp3) is 0.500. The number of carbonyl (C=O) groups excluding carboxylic acids is 2. The van der Waals surface area contributed by atoms with Crippen LogP contribution in [0.2, 0.25) is 0 Å². The lowest BCUT2D eigenvalue weighted by molar-refractivity contribution is -0.116. The van der Waals surface area contributed by atoms with E-state index in [-0.39, 0.29) is 18.0 Å². The Morgan fingerprint density at radius 1 is 0.677 bits per heavy atom. The molecule has 0 aliphatic rings. The smallest absolute Gasteiger partial charge is 0.170 e. The average molecular weight is 423 g/mol. The van der Waals surface area contributed by atoms with Gasteiger partial charge in [-0.1, -0.05) is 101 Å². The van der Waals surface area contributed by atoms with Gasteiger partial charge in [0, 0.05) is 5.56 Å².